The fourth-order valence-electron chi connectivity index (χ4n) is 0.839. The first kappa shape index (κ1) is 11.2. The number of ether oxygens (including phenoxy) is 1. The Labute approximate surface area is 75.4 Å². The molecule has 0 radical (unpaired) electrons. The maximum absolute atomic E-state index is 5.11. The van der Waals surface area contributed by atoms with E-state index in [0.29, 0.717) is 6.10 Å². The van der Waals surface area contributed by atoms with E-state index in [0.717, 1.165) is 6.61 Å². The Hall–Kier alpha value is -0.820. The normalized spacial score (nSPS) is 21.6. The lowest BCUT2D eigenvalue weighted by atomic mass is 10.2. The first-order valence-corrected chi connectivity index (χ1v) is 4.45. The zero-order valence-corrected chi connectivity index (χ0v) is 8.21. The van der Waals surface area contributed by atoms with Crippen LogP contribution in [0.5, 0.6) is 0 Å². The van der Waals surface area contributed by atoms with Crippen LogP contribution in [0.1, 0.15) is 20.8 Å². The summed E-state index contributed by atoms with van der Waals surface area (Å²) in [6.45, 7) is 10.5. The molecule has 1 heteroatoms. The molecular formula is C11H18O. The molecule has 1 heterocycles. The highest BCUT2D eigenvalue weighted by Gasteiger charge is 2.24. The zero-order chi connectivity index (χ0) is 9.40. The summed E-state index contributed by atoms with van der Waals surface area (Å²) in [6.07, 6.45) is 8.18. The van der Waals surface area contributed by atoms with Gasteiger partial charge < -0.3 is 4.74 Å². The van der Waals surface area contributed by atoms with Gasteiger partial charge in [0.2, 0.25) is 0 Å². The molecule has 0 saturated carbocycles. The molecule has 0 amide bonds. The minimum Gasteiger partial charge on any atom is -0.368 e. The van der Waals surface area contributed by atoms with E-state index in [1.807, 2.05) is 32.9 Å². The Balaban J connectivity index is 0.000000561. The molecular weight excluding hydrogens is 148 g/mol. The topological polar surface area (TPSA) is 12.5 Å². The highest BCUT2D eigenvalue weighted by molar-refractivity contribution is 5.29. The van der Waals surface area contributed by atoms with Gasteiger partial charge in [-0.25, -0.2) is 0 Å². The third-order valence-electron chi connectivity index (χ3n) is 1.37. The average Bonchev–Trinajstić information content (AvgIpc) is 2.91. The van der Waals surface area contributed by atoms with Gasteiger partial charge in [-0.3, -0.25) is 0 Å². The van der Waals surface area contributed by atoms with Crippen molar-refractivity contribution in [3.8, 4) is 0 Å². The highest BCUT2D eigenvalue weighted by Crippen LogP contribution is 2.20. The third-order valence-corrected chi connectivity index (χ3v) is 1.37. The summed E-state index contributed by atoms with van der Waals surface area (Å²) in [7, 11) is 0. The molecule has 0 bridgehead atoms. The van der Waals surface area contributed by atoms with E-state index in [2.05, 4.69) is 12.7 Å². The van der Waals surface area contributed by atoms with Crippen LogP contribution < -0.4 is 0 Å². The van der Waals surface area contributed by atoms with Crippen LogP contribution in [0.2, 0.25) is 0 Å². The van der Waals surface area contributed by atoms with Gasteiger partial charge in [0.25, 0.3) is 0 Å². The summed E-state index contributed by atoms with van der Waals surface area (Å²) in [5.41, 5.74) is 1.22. The minimum atomic E-state index is 0.342. The van der Waals surface area contributed by atoms with Crippen LogP contribution in [-0.4, -0.2) is 12.7 Å². The van der Waals surface area contributed by atoms with E-state index >= 15 is 0 Å². The minimum absolute atomic E-state index is 0.342. The van der Waals surface area contributed by atoms with E-state index in [9.17, 15) is 0 Å². The average molecular weight is 166 g/mol. The van der Waals surface area contributed by atoms with Crippen LogP contribution in [0.3, 0.4) is 0 Å². The van der Waals surface area contributed by atoms with Gasteiger partial charge in [-0.1, -0.05) is 44.7 Å². The van der Waals surface area contributed by atoms with Crippen LogP contribution in [0.15, 0.2) is 36.5 Å². The predicted octanol–water partition coefficient (Wildman–Crippen LogP) is 3.10. The highest BCUT2D eigenvalue weighted by atomic mass is 16.6. The molecule has 1 atom stereocenters. The number of hydrogen-bond donors (Lipinski definition) is 0. The molecule has 0 spiro atoms. The van der Waals surface area contributed by atoms with Crippen molar-refractivity contribution in [2.24, 2.45) is 0 Å². The molecule has 1 fully saturated rings. The Morgan fingerprint density at radius 2 is 2.08 bits per heavy atom. The van der Waals surface area contributed by atoms with Crippen molar-refractivity contribution in [1.29, 1.82) is 0 Å². The summed E-state index contributed by atoms with van der Waals surface area (Å²) in [5.74, 6) is 0. The molecule has 1 nitrogen and oxygen atoms in total. The summed E-state index contributed by atoms with van der Waals surface area (Å²) < 4.78 is 5.11. The van der Waals surface area contributed by atoms with Gasteiger partial charge in [0, 0.05) is 0 Å². The second-order valence-corrected chi connectivity index (χ2v) is 2.22. The van der Waals surface area contributed by atoms with E-state index < -0.39 is 0 Å². The van der Waals surface area contributed by atoms with Crippen molar-refractivity contribution in [3.63, 3.8) is 0 Å². The van der Waals surface area contributed by atoms with Gasteiger partial charge in [0.1, 0.15) is 6.10 Å². The van der Waals surface area contributed by atoms with Gasteiger partial charge in [-0.15, -0.1) is 0 Å². The Bertz CT molecular complexity index is 173. The van der Waals surface area contributed by atoms with E-state index in [1.165, 1.54) is 5.57 Å². The van der Waals surface area contributed by atoms with Crippen LogP contribution in [-0.2, 0) is 4.74 Å². The van der Waals surface area contributed by atoms with Gasteiger partial charge >= 0.3 is 0 Å². The monoisotopic (exact) mass is 166 g/mol. The van der Waals surface area contributed by atoms with Crippen molar-refractivity contribution in [1.82, 2.24) is 0 Å². The molecule has 0 aromatic rings. The molecule has 1 rings (SSSR count). The first-order valence-electron chi connectivity index (χ1n) is 4.45. The van der Waals surface area contributed by atoms with Crippen molar-refractivity contribution in [2.75, 3.05) is 6.61 Å². The summed E-state index contributed by atoms with van der Waals surface area (Å²) in [6, 6.07) is 0. The number of rotatable bonds is 3. The maximum atomic E-state index is 5.11. The molecule has 1 aliphatic rings. The molecule has 1 aliphatic heterocycles. The quantitative estimate of drug-likeness (QED) is 0.463. The van der Waals surface area contributed by atoms with Crippen LogP contribution in [0, 0.1) is 0 Å². The molecule has 0 aliphatic carbocycles. The lowest BCUT2D eigenvalue weighted by molar-refractivity contribution is 0.434. The second kappa shape index (κ2) is 6.86. The van der Waals surface area contributed by atoms with Crippen molar-refractivity contribution in [2.45, 2.75) is 26.9 Å². The number of allylic oxidation sites excluding steroid dienone is 3. The molecule has 1 saturated heterocycles. The van der Waals surface area contributed by atoms with E-state index in [4.69, 9.17) is 4.74 Å². The first-order chi connectivity index (χ1) is 5.88. The Morgan fingerprint density at radius 3 is 2.42 bits per heavy atom. The molecule has 1 unspecified atom stereocenters. The second-order valence-electron chi connectivity index (χ2n) is 2.22. The van der Waals surface area contributed by atoms with Crippen LogP contribution >= 0.6 is 0 Å². The SMILES string of the molecule is C=C/C=C(\C=C/C)C1CO1.CC. The van der Waals surface area contributed by atoms with Crippen LogP contribution in [0.4, 0.5) is 0 Å². The molecule has 68 valence electrons. The zero-order valence-electron chi connectivity index (χ0n) is 8.21. The van der Waals surface area contributed by atoms with Gasteiger partial charge in [-0.2, -0.15) is 0 Å². The van der Waals surface area contributed by atoms with Crippen LogP contribution in [0.25, 0.3) is 0 Å². The standard InChI is InChI=1S/C9H12O.C2H6/c1-3-5-8(6-4-2)9-7-10-9;1-2/h3-6,9H,1,7H2,2H3;1-2H3/b6-4-,8-5+;. The molecule has 0 aromatic heterocycles. The smallest absolute Gasteiger partial charge is 0.106 e. The Kier molecular flexibility index (Phi) is 6.39. The van der Waals surface area contributed by atoms with Gasteiger partial charge in [-0.05, 0) is 12.5 Å². The molecule has 0 N–H and O–H groups in total. The fraction of sp³-hybridized carbons (Fsp3) is 0.455. The van der Waals surface area contributed by atoms with Crippen molar-refractivity contribution in [3.05, 3.63) is 36.5 Å². The van der Waals surface area contributed by atoms with Crippen molar-refractivity contribution < 1.29 is 4.74 Å². The largest absolute Gasteiger partial charge is 0.368 e. The van der Waals surface area contributed by atoms with Gasteiger partial charge in [0.15, 0.2) is 0 Å². The van der Waals surface area contributed by atoms with E-state index in [-0.39, 0.29) is 0 Å². The molecule has 0 aromatic carbocycles. The third kappa shape index (κ3) is 4.14. The lowest BCUT2D eigenvalue weighted by Crippen LogP contribution is -1.86. The fourth-order valence-corrected chi connectivity index (χ4v) is 0.839. The van der Waals surface area contributed by atoms with Crippen molar-refractivity contribution >= 4 is 0 Å². The maximum Gasteiger partial charge on any atom is 0.106 e. The summed E-state index contributed by atoms with van der Waals surface area (Å²) >= 11 is 0. The lowest BCUT2D eigenvalue weighted by Gasteiger charge is -1.90. The summed E-state index contributed by atoms with van der Waals surface area (Å²) in [4.78, 5) is 0. The van der Waals surface area contributed by atoms with E-state index in [1.54, 1.807) is 6.08 Å². The summed E-state index contributed by atoms with van der Waals surface area (Å²) in [5, 5.41) is 0. The van der Waals surface area contributed by atoms with Gasteiger partial charge in [0.05, 0.1) is 6.61 Å². The number of hydrogen-bond acceptors (Lipinski definition) is 1. The Morgan fingerprint density at radius 1 is 1.50 bits per heavy atom. The number of epoxide rings is 1. The predicted molar refractivity (Wildman–Crippen MR) is 54.2 cm³/mol. The molecule has 12 heavy (non-hydrogen) atoms.